The Labute approximate surface area is 227 Å². The molecule has 0 spiro atoms. The summed E-state index contributed by atoms with van der Waals surface area (Å²) in [5.74, 6) is -1.95. The number of ketones is 1. The highest BCUT2D eigenvalue weighted by atomic mass is 35.5. The molecule has 0 saturated heterocycles. The number of Topliss-reactive ketones (excluding diaryl/α,β-unsaturated/α-hetero) is 1. The van der Waals surface area contributed by atoms with Crippen LogP contribution in [-0.2, 0) is 19.9 Å². The Balaban J connectivity index is 1.51. The Bertz CT molecular complexity index is 1290. The van der Waals surface area contributed by atoms with Crippen molar-refractivity contribution < 1.29 is 19.4 Å². The lowest BCUT2D eigenvalue weighted by molar-refractivity contribution is -0.135. The van der Waals surface area contributed by atoms with Crippen LogP contribution in [0.2, 0.25) is 5.02 Å². The molecule has 0 heterocycles. The molecule has 4 aromatic carbocycles. The summed E-state index contributed by atoms with van der Waals surface area (Å²) in [6, 6.07) is 37.2. The van der Waals surface area contributed by atoms with E-state index in [1.165, 1.54) is 6.08 Å². The van der Waals surface area contributed by atoms with E-state index in [1.54, 1.807) is 24.3 Å². The fourth-order valence-corrected chi connectivity index (χ4v) is 4.62. The molecule has 6 heteroatoms. The summed E-state index contributed by atoms with van der Waals surface area (Å²) in [6.45, 7) is 0.237. The van der Waals surface area contributed by atoms with Crippen molar-refractivity contribution in [2.24, 2.45) is 0 Å². The highest BCUT2D eigenvalue weighted by molar-refractivity contribution is 6.32. The fraction of sp³-hybridized carbons (Fsp3) is 0.125. The number of carbonyl (C=O) groups excluding carboxylic acids is 1. The van der Waals surface area contributed by atoms with Crippen LogP contribution in [-0.4, -0.2) is 36.6 Å². The summed E-state index contributed by atoms with van der Waals surface area (Å²) in [6.07, 6.45) is 1.28. The first-order chi connectivity index (χ1) is 18.5. The van der Waals surface area contributed by atoms with Gasteiger partial charge in [0, 0.05) is 11.6 Å². The summed E-state index contributed by atoms with van der Waals surface area (Å²) in [5.41, 5.74) is 2.60. The molecular formula is C32H28ClNO4. The Morgan fingerprint density at radius 1 is 0.763 bits per heavy atom. The van der Waals surface area contributed by atoms with Gasteiger partial charge in [-0.05, 0) is 34.4 Å². The molecule has 0 aliphatic heterocycles. The average Bonchev–Trinajstić information content (AvgIpc) is 2.96. The molecule has 0 atom stereocenters. The standard InChI is InChI=1S/C32H28ClNO4/c33-29-19-11-10-12-24(29)22-28(31(36)37)30(35)23-38-21-20-34-32(25-13-4-1-5-14-25,26-15-6-2-7-16-26)27-17-8-3-9-18-27/h1-19,22,34H,20-21,23H2,(H,36,37). The van der Waals surface area contributed by atoms with Gasteiger partial charge in [0.05, 0.1) is 12.1 Å². The van der Waals surface area contributed by atoms with Crippen LogP contribution >= 0.6 is 11.6 Å². The van der Waals surface area contributed by atoms with Gasteiger partial charge in [0.15, 0.2) is 5.78 Å². The van der Waals surface area contributed by atoms with Crippen molar-refractivity contribution >= 4 is 29.4 Å². The zero-order valence-corrected chi connectivity index (χ0v) is 21.5. The van der Waals surface area contributed by atoms with Crippen molar-refractivity contribution in [1.29, 1.82) is 0 Å². The Hall–Kier alpha value is -4.03. The van der Waals surface area contributed by atoms with E-state index in [1.807, 2.05) is 54.6 Å². The quantitative estimate of drug-likeness (QED) is 0.0783. The van der Waals surface area contributed by atoms with E-state index in [0.717, 1.165) is 16.7 Å². The van der Waals surface area contributed by atoms with Crippen LogP contribution in [0.4, 0.5) is 0 Å². The lowest BCUT2D eigenvalue weighted by Gasteiger charge is -2.37. The monoisotopic (exact) mass is 525 g/mol. The largest absolute Gasteiger partial charge is 0.478 e. The van der Waals surface area contributed by atoms with Crippen LogP contribution in [0.1, 0.15) is 22.3 Å². The van der Waals surface area contributed by atoms with Crippen molar-refractivity contribution in [2.75, 3.05) is 19.8 Å². The maximum atomic E-state index is 12.7. The third-order valence-electron chi connectivity index (χ3n) is 6.23. The van der Waals surface area contributed by atoms with Gasteiger partial charge in [0.2, 0.25) is 0 Å². The van der Waals surface area contributed by atoms with E-state index in [-0.39, 0.29) is 18.8 Å². The van der Waals surface area contributed by atoms with E-state index in [9.17, 15) is 14.7 Å². The van der Waals surface area contributed by atoms with Crippen LogP contribution in [0.5, 0.6) is 0 Å². The minimum atomic E-state index is -1.33. The highest BCUT2D eigenvalue weighted by Gasteiger charge is 2.35. The van der Waals surface area contributed by atoms with Gasteiger partial charge >= 0.3 is 5.97 Å². The van der Waals surface area contributed by atoms with E-state index < -0.39 is 17.3 Å². The number of carbonyl (C=O) groups is 2. The van der Waals surface area contributed by atoms with Crippen LogP contribution in [0.15, 0.2) is 121 Å². The first-order valence-electron chi connectivity index (χ1n) is 12.2. The number of nitrogens with one attached hydrogen (secondary N) is 1. The normalized spacial score (nSPS) is 11.8. The molecule has 4 aromatic rings. The van der Waals surface area contributed by atoms with Crippen molar-refractivity contribution in [2.45, 2.75) is 5.54 Å². The maximum Gasteiger partial charge on any atom is 0.339 e. The van der Waals surface area contributed by atoms with Gasteiger partial charge in [0.1, 0.15) is 12.2 Å². The SMILES string of the molecule is O=C(O)C(=Cc1ccccc1Cl)C(=O)COCCNC(c1ccccc1)(c1ccccc1)c1ccccc1. The molecule has 0 aliphatic carbocycles. The number of hydrogen-bond donors (Lipinski definition) is 2. The molecule has 0 aliphatic rings. The first-order valence-corrected chi connectivity index (χ1v) is 12.6. The number of ether oxygens (including phenoxy) is 1. The lowest BCUT2D eigenvalue weighted by Crippen LogP contribution is -2.46. The number of hydrogen-bond acceptors (Lipinski definition) is 4. The van der Waals surface area contributed by atoms with Gasteiger partial charge in [-0.15, -0.1) is 0 Å². The fourth-order valence-electron chi connectivity index (χ4n) is 4.43. The molecule has 0 bridgehead atoms. The maximum absolute atomic E-state index is 12.7. The first kappa shape index (κ1) is 27.0. The zero-order valence-electron chi connectivity index (χ0n) is 20.7. The molecule has 4 rings (SSSR count). The average molecular weight is 526 g/mol. The van der Waals surface area contributed by atoms with Crippen molar-refractivity contribution in [3.05, 3.63) is 148 Å². The Morgan fingerprint density at radius 2 is 1.24 bits per heavy atom. The number of aliphatic carboxylic acids is 1. The van der Waals surface area contributed by atoms with Crippen LogP contribution in [0.25, 0.3) is 6.08 Å². The number of rotatable bonds is 12. The van der Waals surface area contributed by atoms with Crippen molar-refractivity contribution in [3.63, 3.8) is 0 Å². The van der Waals surface area contributed by atoms with Gasteiger partial charge in [0.25, 0.3) is 0 Å². The van der Waals surface area contributed by atoms with Crippen molar-refractivity contribution in [1.82, 2.24) is 5.32 Å². The minimum absolute atomic E-state index is 0.193. The molecule has 0 radical (unpaired) electrons. The van der Waals surface area contributed by atoms with E-state index in [4.69, 9.17) is 16.3 Å². The topological polar surface area (TPSA) is 75.6 Å². The number of carboxylic acid groups (broad SMARTS) is 1. The molecular weight excluding hydrogens is 498 g/mol. The molecule has 2 N–H and O–H groups in total. The summed E-state index contributed by atoms with van der Waals surface area (Å²) >= 11 is 6.13. The summed E-state index contributed by atoms with van der Waals surface area (Å²) in [4.78, 5) is 24.4. The van der Waals surface area contributed by atoms with E-state index >= 15 is 0 Å². The minimum Gasteiger partial charge on any atom is -0.478 e. The van der Waals surface area contributed by atoms with Gasteiger partial charge < -0.3 is 9.84 Å². The van der Waals surface area contributed by atoms with Gasteiger partial charge in [-0.3, -0.25) is 10.1 Å². The molecule has 0 fully saturated rings. The third-order valence-corrected chi connectivity index (χ3v) is 6.57. The summed E-state index contributed by atoms with van der Waals surface area (Å²) < 4.78 is 5.65. The smallest absolute Gasteiger partial charge is 0.339 e. The van der Waals surface area contributed by atoms with E-state index in [2.05, 4.69) is 41.7 Å². The van der Waals surface area contributed by atoms with E-state index in [0.29, 0.717) is 17.1 Å². The number of benzene rings is 4. The molecule has 0 amide bonds. The van der Waals surface area contributed by atoms with Gasteiger partial charge in [-0.2, -0.15) is 0 Å². The second-order valence-electron chi connectivity index (χ2n) is 8.64. The number of carboxylic acids is 1. The summed E-state index contributed by atoms with van der Waals surface area (Å²) in [7, 11) is 0. The second-order valence-corrected chi connectivity index (χ2v) is 9.04. The van der Waals surface area contributed by atoms with Gasteiger partial charge in [-0.25, -0.2) is 4.79 Å². The molecule has 0 aromatic heterocycles. The summed E-state index contributed by atoms with van der Waals surface area (Å²) in [5, 5.41) is 13.6. The number of halogens is 1. The Kier molecular flexibility index (Phi) is 9.22. The lowest BCUT2D eigenvalue weighted by atomic mass is 9.77. The third kappa shape index (κ3) is 6.26. The van der Waals surface area contributed by atoms with Gasteiger partial charge in [-0.1, -0.05) is 121 Å². The predicted octanol–water partition coefficient (Wildman–Crippen LogP) is 5.98. The zero-order chi connectivity index (χ0) is 26.8. The molecule has 38 heavy (non-hydrogen) atoms. The van der Waals surface area contributed by atoms with Crippen molar-refractivity contribution in [3.8, 4) is 0 Å². The van der Waals surface area contributed by atoms with Crippen LogP contribution in [0, 0.1) is 0 Å². The molecule has 192 valence electrons. The Morgan fingerprint density at radius 3 is 1.71 bits per heavy atom. The second kappa shape index (κ2) is 13.0. The predicted molar refractivity (Wildman–Crippen MR) is 150 cm³/mol. The van der Waals surface area contributed by atoms with Crippen LogP contribution < -0.4 is 5.32 Å². The molecule has 0 unspecified atom stereocenters. The van der Waals surface area contributed by atoms with Crippen LogP contribution in [0.3, 0.4) is 0 Å². The molecule has 0 saturated carbocycles. The molecule has 5 nitrogen and oxygen atoms in total. The highest BCUT2D eigenvalue weighted by Crippen LogP contribution is 2.36.